The molecule has 23 heavy (non-hydrogen) atoms. The van der Waals surface area contributed by atoms with Crippen LogP contribution in [-0.2, 0) is 9.59 Å². The van der Waals surface area contributed by atoms with Gasteiger partial charge in [0.1, 0.15) is 0 Å². The quantitative estimate of drug-likeness (QED) is 0.881. The van der Waals surface area contributed by atoms with Crippen LogP contribution in [0.25, 0.3) is 0 Å². The third-order valence-electron chi connectivity index (χ3n) is 3.58. The van der Waals surface area contributed by atoms with Gasteiger partial charge in [0.15, 0.2) is 0 Å². The molecule has 118 valence electrons. The Labute approximate surface area is 139 Å². The highest BCUT2D eigenvalue weighted by molar-refractivity contribution is 7.99. The Morgan fingerprint density at radius 3 is 2.22 bits per heavy atom. The largest absolute Gasteiger partial charge is 0.300 e. The molecule has 0 atom stereocenters. The molecule has 0 aliphatic carbocycles. The predicted molar refractivity (Wildman–Crippen MR) is 91.8 cm³/mol. The van der Waals surface area contributed by atoms with E-state index in [1.807, 2.05) is 24.3 Å². The molecule has 3 rings (SSSR count). The van der Waals surface area contributed by atoms with E-state index in [1.165, 1.54) is 16.0 Å². The molecule has 2 amide bonds. The van der Waals surface area contributed by atoms with Gasteiger partial charge in [-0.2, -0.15) is 0 Å². The van der Waals surface area contributed by atoms with Crippen molar-refractivity contribution in [3.8, 4) is 0 Å². The molecule has 2 aromatic carbocycles. The maximum atomic E-state index is 12.2. The van der Waals surface area contributed by atoms with Crippen molar-refractivity contribution in [1.29, 1.82) is 0 Å². The minimum Gasteiger partial charge on any atom is -0.300 e. The molecule has 1 fully saturated rings. The van der Waals surface area contributed by atoms with E-state index in [0.29, 0.717) is 5.69 Å². The summed E-state index contributed by atoms with van der Waals surface area (Å²) in [5, 5.41) is 2.82. The summed E-state index contributed by atoms with van der Waals surface area (Å²) in [6.45, 7) is 4.50. The number of benzene rings is 2. The fraction of sp³-hybridized carbons (Fsp3) is 0.222. The molecule has 5 heteroatoms. The Morgan fingerprint density at radius 1 is 0.957 bits per heavy atom. The van der Waals surface area contributed by atoms with Gasteiger partial charge in [-0.15, -0.1) is 0 Å². The van der Waals surface area contributed by atoms with Gasteiger partial charge in [0.25, 0.3) is 0 Å². The lowest BCUT2D eigenvalue weighted by Crippen LogP contribution is -2.52. The highest BCUT2D eigenvalue weighted by Crippen LogP contribution is 2.36. The highest BCUT2D eigenvalue weighted by atomic mass is 32.2. The topological polar surface area (TPSA) is 49.4 Å². The van der Waals surface area contributed by atoms with Crippen LogP contribution in [0.2, 0.25) is 0 Å². The number of nitrogens with zero attached hydrogens (tertiary/aromatic N) is 1. The van der Waals surface area contributed by atoms with Gasteiger partial charge in [0.05, 0.1) is 18.8 Å². The average molecular weight is 326 g/mol. The van der Waals surface area contributed by atoms with Crippen molar-refractivity contribution in [1.82, 2.24) is 5.32 Å². The number of rotatable bonds is 3. The van der Waals surface area contributed by atoms with Crippen molar-refractivity contribution in [2.75, 3.05) is 18.0 Å². The van der Waals surface area contributed by atoms with Crippen molar-refractivity contribution in [3.05, 3.63) is 53.6 Å². The number of hydrogen-bond donors (Lipinski definition) is 1. The Balaban J connectivity index is 1.97. The molecule has 0 spiro atoms. The Bertz CT molecular complexity index is 737. The van der Waals surface area contributed by atoms with Crippen LogP contribution in [0.15, 0.2) is 52.3 Å². The number of imide groups is 1. The first-order chi connectivity index (χ1) is 11.0. The summed E-state index contributed by atoms with van der Waals surface area (Å²) in [4.78, 5) is 27.6. The number of anilines is 1. The first-order valence-electron chi connectivity index (χ1n) is 7.46. The molecule has 0 radical (unpaired) electrons. The standard InChI is InChI=1S/C18H18N2O2S/c1-12-7-13(2)9-14(8-12)23-16-6-4-3-5-15(16)20-17(21)10-19-11-18(20)22/h3-9,19H,10-11H2,1-2H3. The van der Waals surface area contributed by atoms with E-state index < -0.39 is 0 Å². The Kier molecular flexibility index (Phi) is 4.50. The van der Waals surface area contributed by atoms with Crippen molar-refractivity contribution >= 4 is 29.3 Å². The van der Waals surface area contributed by atoms with Gasteiger partial charge in [-0.3, -0.25) is 14.9 Å². The summed E-state index contributed by atoms with van der Waals surface area (Å²) < 4.78 is 0. The zero-order chi connectivity index (χ0) is 16.4. The molecular formula is C18H18N2O2S. The van der Waals surface area contributed by atoms with Gasteiger partial charge in [-0.1, -0.05) is 30.0 Å². The Morgan fingerprint density at radius 2 is 1.57 bits per heavy atom. The number of hydrogen-bond acceptors (Lipinski definition) is 4. The first kappa shape index (κ1) is 15.8. The Hall–Kier alpha value is -2.11. The average Bonchev–Trinajstić information content (AvgIpc) is 2.47. The zero-order valence-electron chi connectivity index (χ0n) is 13.1. The first-order valence-corrected chi connectivity index (χ1v) is 8.28. The van der Waals surface area contributed by atoms with Crippen LogP contribution >= 0.6 is 11.8 Å². The summed E-state index contributed by atoms with van der Waals surface area (Å²) in [7, 11) is 0. The van der Waals surface area contributed by atoms with Crippen LogP contribution in [0.5, 0.6) is 0 Å². The maximum absolute atomic E-state index is 12.2. The second-order valence-electron chi connectivity index (χ2n) is 5.62. The van der Waals surface area contributed by atoms with Crippen molar-refractivity contribution < 1.29 is 9.59 Å². The molecule has 1 N–H and O–H groups in total. The number of para-hydroxylation sites is 1. The predicted octanol–water partition coefficient (Wildman–Crippen LogP) is 2.92. The van der Waals surface area contributed by atoms with E-state index in [4.69, 9.17) is 0 Å². The van der Waals surface area contributed by atoms with Crippen LogP contribution < -0.4 is 10.2 Å². The lowest BCUT2D eigenvalue weighted by Gasteiger charge is -2.27. The normalized spacial score (nSPS) is 15.1. The molecule has 1 aliphatic heterocycles. The summed E-state index contributed by atoms with van der Waals surface area (Å²) in [5.74, 6) is -0.426. The van der Waals surface area contributed by atoms with Gasteiger partial charge in [-0.25, -0.2) is 4.90 Å². The molecule has 1 aliphatic rings. The number of piperazine rings is 1. The molecule has 1 saturated heterocycles. The lowest BCUT2D eigenvalue weighted by atomic mass is 10.2. The van der Waals surface area contributed by atoms with Crippen molar-refractivity contribution in [2.45, 2.75) is 23.6 Å². The summed E-state index contributed by atoms with van der Waals surface area (Å²) >= 11 is 1.57. The molecular weight excluding hydrogens is 308 g/mol. The van der Waals surface area contributed by atoms with Crippen LogP contribution in [0.1, 0.15) is 11.1 Å². The van der Waals surface area contributed by atoms with Crippen LogP contribution in [-0.4, -0.2) is 24.9 Å². The molecule has 4 nitrogen and oxygen atoms in total. The van der Waals surface area contributed by atoms with Gasteiger partial charge in [-0.05, 0) is 49.2 Å². The molecule has 0 unspecified atom stereocenters. The molecule has 0 saturated carbocycles. The molecule has 1 heterocycles. The van der Waals surface area contributed by atoms with Gasteiger partial charge >= 0.3 is 0 Å². The highest BCUT2D eigenvalue weighted by Gasteiger charge is 2.28. The van der Waals surface area contributed by atoms with E-state index in [-0.39, 0.29) is 24.9 Å². The van der Waals surface area contributed by atoms with Gasteiger partial charge in [0, 0.05) is 9.79 Å². The molecule has 0 aromatic heterocycles. The van der Waals surface area contributed by atoms with E-state index in [1.54, 1.807) is 11.8 Å². The lowest BCUT2D eigenvalue weighted by molar-refractivity contribution is -0.127. The number of aryl methyl sites for hydroxylation is 2. The van der Waals surface area contributed by atoms with E-state index in [2.05, 4.69) is 37.4 Å². The van der Waals surface area contributed by atoms with Gasteiger partial charge < -0.3 is 0 Å². The van der Waals surface area contributed by atoms with Crippen molar-refractivity contribution in [2.24, 2.45) is 0 Å². The fourth-order valence-electron chi connectivity index (χ4n) is 2.69. The van der Waals surface area contributed by atoms with Crippen LogP contribution in [0.4, 0.5) is 5.69 Å². The van der Waals surface area contributed by atoms with E-state index >= 15 is 0 Å². The summed E-state index contributed by atoms with van der Waals surface area (Å²) in [6.07, 6.45) is 0. The molecule has 2 aromatic rings. The third kappa shape index (κ3) is 3.46. The van der Waals surface area contributed by atoms with Gasteiger partial charge in [0.2, 0.25) is 11.8 Å². The number of amides is 2. The number of carbonyl (C=O) groups is 2. The van der Waals surface area contributed by atoms with Crippen LogP contribution in [0, 0.1) is 13.8 Å². The smallest absolute Gasteiger partial charge is 0.247 e. The second kappa shape index (κ2) is 6.56. The van der Waals surface area contributed by atoms with E-state index in [0.717, 1.165) is 9.79 Å². The van der Waals surface area contributed by atoms with Crippen molar-refractivity contribution in [3.63, 3.8) is 0 Å². The molecule has 0 bridgehead atoms. The summed E-state index contributed by atoms with van der Waals surface area (Å²) in [5.41, 5.74) is 3.05. The monoisotopic (exact) mass is 326 g/mol. The van der Waals surface area contributed by atoms with Crippen LogP contribution in [0.3, 0.4) is 0 Å². The summed E-state index contributed by atoms with van der Waals surface area (Å²) in [6, 6.07) is 13.9. The minimum absolute atomic E-state index is 0.189. The fourth-order valence-corrected chi connectivity index (χ4v) is 3.84. The number of carbonyl (C=O) groups excluding carboxylic acids is 2. The van der Waals surface area contributed by atoms with E-state index in [9.17, 15) is 9.59 Å². The maximum Gasteiger partial charge on any atom is 0.247 e. The second-order valence-corrected chi connectivity index (χ2v) is 6.73. The minimum atomic E-state index is -0.213. The SMILES string of the molecule is Cc1cc(C)cc(Sc2ccccc2N2C(=O)CNCC2=O)c1. The zero-order valence-corrected chi connectivity index (χ0v) is 13.9. The third-order valence-corrected chi connectivity index (χ3v) is 4.62. The number of nitrogens with one attached hydrogen (secondary N) is 1.